The van der Waals surface area contributed by atoms with Crippen LogP contribution >= 0.6 is 11.6 Å². The zero-order valence-corrected chi connectivity index (χ0v) is 20.0. The molecule has 1 aromatic carbocycles. The molecule has 0 atom stereocenters. The van der Waals surface area contributed by atoms with Crippen LogP contribution in [-0.2, 0) is 15.0 Å². The minimum atomic E-state index is -4.17. The smallest absolute Gasteiger partial charge is 0.303 e. The number of rotatable bonds is 8. The molecule has 34 heavy (non-hydrogen) atoms. The van der Waals surface area contributed by atoms with E-state index in [2.05, 4.69) is 4.98 Å². The molecule has 0 spiro atoms. The molecule has 1 aromatic heterocycles. The SMILES string of the molecule is CN(CC1CC1)c1ncc(Oc2cc(F)c(C(=O)NS(=O)(=O)N(C)C)cc2F)cc1Cl.O=CO. The highest BCUT2D eigenvalue weighted by Crippen LogP contribution is 2.34. The molecule has 0 unspecified atom stereocenters. The minimum Gasteiger partial charge on any atom is -0.483 e. The molecule has 1 saturated carbocycles. The van der Waals surface area contributed by atoms with E-state index in [1.54, 1.807) is 4.72 Å². The highest BCUT2D eigenvalue weighted by atomic mass is 35.5. The third-order valence-corrected chi connectivity index (χ3v) is 6.27. The van der Waals surface area contributed by atoms with E-state index in [1.165, 1.54) is 39.2 Å². The molecule has 1 amide bonds. The average Bonchev–Trinajstić information content (AvgIpc) is 3.54. The second-order valence-electron chi connectivity index (χ2n) is 7.49. The topological polar surface area (TPSA) is 129 Å². The van der Waals surface area contributed by atoms with Gasteiger partial charge < -0.3 is 14.7 Å². The predicted molar refractivity (Wildman–Crippen MR) is 120 cm³/mol. The maximum absolute atomic E-state index is 14.4. The Labute approximate surface area is 200 Å². The summed E-state index contributed by atoms with van der Waals surface area (Å²) in [7, 11) is 0.0528. The predicted octanol–water partition coefficient (Wildman–Crippen LogP) is 2.89. The maximum atomic E-state index is 14.4. The molecule has 0 saturated heterocycles. The number of hydrogen-bond acceptors (Lipinski definition) is 7. The molecule has 0 radical (unpaired) electrons. The second kappa shape index (κ2) is 11.4. The van der Waals surface area contributed by atoms with Gasteiger partial charge in [-0.1, -0.05) is 11.6 Å². The Bertz CT molecular complexity index is 1160. The molecule has 3 rings (SSSR count). The molecule has 1 heterocycles. The van der Waals surface area contributed by atoms with Gasteiger partial charge in [0.2, 0.25) is 0 Å². The van der Waals surface area contributed by atoms with E-state index < -0.39 is 39.1 Å². The molecule has 1 aliphatic rings. The van der Waals surface area contributed by atoms with E-state index in [4.69, 9.17) is 26.2 Å². The van der Waals surface area contributed by atoms with Crippen LogP contribution in [0.5, 0.6) is 11.5 Å². The van der Waals surface area contributed by atoms with Crippen molar-refractivity contribution in [3.8, 4) is 11.5 Å². The first-order valence-corrected chi connectivity index (χ1v) is 11.6. The summed E-state index contributed by atoms with van der Waals surface area (Å²) in [5.41, 5.74) is -0.788. The number of carbonyl (C=O) groups is 2. The normalized spacial score (nSPS) is 13.0. The summed E-state index contributed by atoms with van der Waals surface area (Å²) in [6.07, 6.45) is 3.67. The molecule has 0 aliphatic heterocycles. The summed E-state index contributed by atoms with van der Waals surface area (Å²) < 4.78 is 59.9. The molecule has 186 valence electrons. The van der Waals surface area contributed by atoms with Crippen molar-refractivity contribution in [2.75, 3.05) is 32.6 Å². The molecule has 0 bridgehead atoms. The lowest BCUT2D eigenvalue weighted by Gasteiger charge is -2.19. The Kier molecular flexibility index (Phi) is 9.13. The number of nitrogens with one attached hydrogen (secondary N) is 1. The monoisotopic (exact) mass is 520 g/mol. The zero-order valence-electron chi connectivity index (χ0n) is 18.5. The molecular formula is C20H23ClF2N4O6S. The number of pyridine rings is 1. The fourth-order valence-electron chi connectivity index (χ4n) is 2.70. The number of nitrogens with zero attached hydrogens (tertiary/aromatic N) is 3. The summed E-state index contributed by atoms with van der Waals surface area (Å²) >= 11 is 6.25. The molecule has 2 N–H and O–H groups in total. The fourth-order valence-corrected chi connectivity index (χ4v) is 3.52. The van der Waals surface area contributed by atoms with Crippen LogP contribution in [0.3, 0.4) is 0 Å². The standard InChI is InChI=1S/C19H21ClF2N4O4S.CH2O2/c1-25(2)31(28,29)24-19(27)13-7-16(22)17(8-15(13)21)30-12-6-14(20)18(23-9-12)26(3)10-11-4-5-11;2-1-3/h6-9,11H,4-5,10H2,1-3H3,(H,24,27);1H,(H,2,3). The molecule has 10 nitrogen and oxygen atoms in total. The number of hydrogen-bond donors (Lipinski definition) is 2. The second-order valence-corrected chi connectivity index (χ2v) is 9.78. The highest BCUT2D eigenvalue weighted by molar-refractivity contribution is 7.87. The first-order chi connectivity index (χ1) is 15.9. The first-order valence-electron chi connectivity index (χ1n) is 9.75. The van der Waals surface area contributed by atoms with E-state index in [-0.39, 0.29) is 17.2 Å². The van der Waals surface area contributed by atoms with Gasteiger partial charge in [-0.15, -0.1) is 0 Å². The van der Waals surface area contributed by atoms with Crippen molar-refractivity contribution in [3.05, 3.63) is 46.6 Å². The number of halogens is 3. The van der Waals surface area contributed by atoms with Crippen molar-refractivity contribution >= 4 is 40.0 Å². The quantitative estimate of drug-likeness (QED) is 0.508. The van der Waals surface area contributed by atoms with Crippen molar-refractivity contribution in [2.24, 2.45) is 5.92 Å². The number of aromatic nitrogens is 1. The number of ether oxygens (including phenoxy) is 1. The Morgan fingerprint density at radius 2 is 1.88 bits per heavy atom. The summed E-state index contributed by atoms with van der Waals surface area (Å²) in [6.45, 7) is 0.569. The Morgan fingerprint density at radius 1 is 1.26 bits per heavy atom. The van der Waals surface area contributed by atoms with Crippen LogP contribution < -0.4 is 14.4 Å². The summed E-state index contributed by atoms with van der Waals surface area (Å²) in [4.78, 5) is 26.5. The van der Waals surface area contributed by atoms with E-state index in [9.17, 15) is 22.0 Å². The van der Waals surface area contributed by atoms with Gasteiger partial charge in [-0.05, 0) is 24.8 Å². The van der Waals surface area contributed by atoms with Crippen LogP contribution in [0.25, 0.3) is 0 Å². The van der Waals surface area contributed by atoms with Crippen molar-refractivity contribution in [1.29, 1.82) is 0 Å². The molecule has 1 fully saturated rings. The van der Waals surface area contributed by atoms with E-state index >= 15 is 0 Å². The third-order valence-electron chi connectivity index (χ3n) is 4.58. The number of anilines is 1. The van der Waals surface area contributed by atoms with Gasteiger partial charge in [0.25, 0.3) is 12.4 Å². The van der Waals surface area contributed by atoms with Gasteiger partial charge in [-0.25, -0.2) is 18.5 Å². The molecule has 2 aromatic rings. The average molecular weight is 521 g/mol. The highest BCUT2D eigenvalue weighted by Gasteiger charge is 2.25. The Morgan fingerprint density at radius 3 is 2.41 bits per heavy atom. The van der Waals surface area contributed by atoms with Crippen LogP contribution in [0.2, 0.25) is 5.02 Å². The lowest BCUT2D eigenvalue weighted by molar-refractivity contribution is -0.122. The van der Waals surface area contributed by atoms with Crippen LogP contribution in [0, 0.1) is 17.6 Å². The summed E-state index contributed by atoms with van der Waals surface area (Å²) in [6, 6.07) is 2.63. The number of carbonyl (C=O) groups excluding carboxylic acids is 1. The van der Waals surface area contributed by atoms with Crippen molar-refractivity contribution in [2.45, 2.75) is 12.8 Å². The number of benzene rings is 1. The zero-order chi connectivity index (χ0) is 25.6. The van der Waals surface area contributed by atoms with E-state index in [0.717, 1.165) is 10.8 Å². The van der Waals surface area contributed by atoms with Gasteiger partial charge in [-0.2, -0.15) is 12.7 Å². The molecule has 14 heteroatoms. The Hall–Kier alpha value is -3.03. The molecule has 1 aliphatic carbocycles. The van der Waals surface area contributed by atoms with Crippen LogP contribution in [-0.4, -0.2) is 62.9 Å². The van der Waals surface area contributed by atoms with Crippen LogP contribution in [0.1, 0.15) is 23.2 Å². The van der Waals surface area contributed by atoms with Gasteiger partial charge >= 0.3 is 10.2 Å². The lowest BCUT2D eigenvalue weighted by atomic mass is 10.2. The molecular weight excluding hydrogens is 498 g/mol. The van der Waals surface area contributed by atoms with E-state index in [1.807, 2.05) is 11.9 Å². The number of carboxylic acid groups (broad SMARTS) is 1. The maximum Gasteiger partial charge on any atom is 0.303 e. The van der Waals surface area contributed by atoms with Gasteiger partial charge in [-0.3, -0.25) is 9.59 Å². The summed E-state index contributed by atoms with van der Waals surface area (Å²) in [5.74, 6) is -2.83. The largest absolute Gasteiger partial charge is 0.483 e. The van der Waals surface area contributed by atoms with Crippen molar-refractivity contribution in [1.82, 2.24) is 14.0 Å². The minimum absolute atomic E-state index is 0.0688. The first kappa shape index (κ1) is 27.2. The third kappa shape index (κ3) is 7.23. The van der Waals surface area contributed by atoms with Crippen LogP contribution in [0.15, 0.2) is 24.4 Å². The number of amides is 1. The van der Waals surface area contributed by atoms with Gasteiger partial charge in [0.05, 0.1) is 16.8 Å². The lowest BCUT2D eigenvalue weighted by Crippen LogP contribution is -2.39. The van der Waals surface area contributed by atoms with Gasteiger partial charge in [0, 0.05) is 39.8 Å². The van der Waals surface area contributed by atoms with Gasteiger partial charge in [0.15, 0.2) is 11.6 Å². The summed E-state index contributed by atoms with van der Waals surface area (Å²) in [5, 5.41) is 7.17. The van der Waals surface area contributed by atoms with Gasteiger partial charge in [0.1, 0.15) is 17.4 Å². The van der Waals surface area contributed by atoms with Crippen molar-refractivity contribution in [3.63, 3.8) is 0 Å². The van der Waals surface area contributed by atoms with E-state index in [0.29, 0.717) is 23.9 Å². The van der Waals surface area contributed by atoms with Crippen molar-refractivity contribution < 1.29 is 36.6 Å². The fraction of sp³-hybridized carbons (Fsp3) is 0.350. The Balaban J connectivity index is 0.00000129. The van der Waals surface area contributed by atoms with Crippen LogP contribution in [0.4, 0.5) is 14.6 Å².